The summed E-state index contributed by atoms with van der Waals surface area (Å²) in [5.41, 5.74) is 2.49. The van der Waals surface area contributed by atoms with Crippen molar-refractivity contribution in [2.24, 2.45) is 15.6 Å². The molecule has 0 aliphatic carbocycles. The zero-order valence-electron chi connectivity index (χ0n) is 14.8. The first-order valence-electron chi connectivity index (χ1n) is 8.18. The number of alkyl halides is 2. The minimum atomic E-state index is -2.53. The zero-order chi connectivity index (χ0) is 19.4. The molecule has 3 rings (SSSR count). The first kappa shape index (κ1) is 19.0. The van der Waals surface area contributed by atoms with E-state index in [0.29, 0.717) is 28.5 Å². The van der Waals surface area contributed by atoms with Gasteiger partial charge in [0.05, 0.1) is 11.4 Å². The molecule has 1 aliphatic rings. The molecule has 9 heteroatoms. The van der Waals surface area contributed by atoms with Crippen molar-refractivity contribution in [2.45, 2.75) is 20.0 Å². The van der Waals surface area contributed by atoms with Crippen molar-refractivity contribution < 1.29 is 13.6 Å². The maximum atomic E-state index is 12.8. The van der Waals surface area contributed by atoms with Gasteiger partial charge in [-0.25, -0.2) is 13.8 Å². The molecule has 2 aromatic rings. The Bertz CT molecular complexity index is 875. The highest BCUT2D eigenvalue weighted by molar-refractivity contribution is 6.31. The van der Waals surface area contributed by atoms with Crippen LogP contribution in [0, 0.1) is 0 Å². The molecule has 142 valence electrons. The molecule has 1 heterocycles. The van der Waals surface area contributed by atoms with Crippen molar-refractivity contribution in [3.63, 3.8) is 0 Å². The van der Waals surface area contributed by atoms with Crippen LogP contribution in [0.4, 0.5) is 14.5 Å². The third-order valence-corrected chi connectivity index (χ3v) is 4.33. The molecule has 1 aliphatic heterocycles. The number of oxime groups is 1. The quantitative estimate of drug-likeness (QED) is 0.500. The third-order valence-electron chi connectivity index (χ3n) is 3.98. The highest BCUT2D eigenvalue weighted by Crippen LogP contribution is 2.30. The van der Waals surface area contributed by atoms with E-state index in [9.17, 15) is 8.78 Å². The Morgan fingerprint density at radius 2 is 2.04 bits per heavy atom. The van der Waals surface area contributed by atoms with E-state index < -0.39 is 6.43 Å². The highest BCUT2D eigenvalue weighted by Gasteiger charge is 2.19. The largest absolute Gasteiger partial charge is 0.391 e. The summed E-state index contributed by atoms with van der Waals surface area (Å²) >= 11 is 6.31. The minimum Gasteiger partial charge on any atom is -0.391 e. The normalized spacial score (nSPS) is 14.4. The van der Waals surface area contributed by atoms with Gasteiger partial charge in [0.2, 0.25) is 0 Å². The molecule has 0 saturated heterocycles. The van der Waals surface area contributed by atoms with Crippen LogP contribution in [-0.4, -0.2) is 24.4 Å². The Balaban J connectivity index is 1.74. The second-order valence-corrected chi connectivity index (χ2v) is 6.40. The van der Waals surface area contributed by atoms with Crippen molar-refractivity contribution in [1.29, 1.82) is 0 Å². The first-order chi connectivity index (χ1) is 13.0. The average molecular weight is 394 g/mol. The van der Waals surface area contributed by atoms with Gasteiger partial charge in [-0.1, -0.05) is 46.2 Å². The van der Waals surface area contributed by atoms with Gasteiger partial charge < -0.3 is 4.84 Å². The molecule has 2 aromatic carbocycles. The summed E-state index contributed by atoms with van der Waals surface area (Å²) in [5, 5.41) is 16.0. The van der Waals surface area contributed by atoms with Crippen LogP contribution >= 0.6 is 11.6 Å². The van der Waals surface area contributed by atoms with Crippen molar-refractivity contribution in [3.05, 3.63) is 64.2 Å². The smallest absolute Gasteiger partial charge is 0.263 e. The van der Waals surface area contributed by atoms with Crippen molar-refractivity contribution >= 4 is 23.0 Å². The number of rotatable bonds is 6. The SMILES string of the molecule is CC(=NOCc1c(Cl)cccc1N1CN(C)N=N1)c1cccc(C(F)F)c1. The second-order valence-electron chi connectivity index (χ2n) is 5.99. The zero-order valence-corrected chi connectivity index (χ0v) is 15.6. The molecular formula is C18H18ClF2N5O. The summed E-state index contributed by atoms with van der Waals surface area (Å²) in [6.45, 7) is 2.30. The van der Waals surface area contributed by atoms with Crippen molar-refractivity contribution in [2.75, 3.05) is 18.7 Å². The average Bonchev–Trinajstić information content (AvgIpc) is 3.09. The van der Waals surface area contributed by atoms with E-state index in [2.05, 4.69) is 15.6 Å². The lowest BCUT2D eigenvalue weighted by atomic mass is 10.1. The molecule has 0 saturated carbocycles. The van der Waals surface area contributed by atoms with Gasteiger partial charge in [0.15, 0.2) is 0 Å². The van der Waals surface area contributed by atoms with Crippen LogP contribution in [0.3, 0.4) is 0 Å². The van der Waals surface area contributed by atoms with Crippen LogP contribution in [0.1, 0.15) is 30.0 Å². The highest BCUT2D eigenvalue weighted by atomic mass is 35.5. The van der Waals surface area contributed by atoms with Gasteiger partial charge in [-0.05, 0) is 35.9 Å². The molecule has 0 atom stereocenters. The van der Waals surface area contributed by atoms with Crippen LogP contribution in [0.5, 0.6) is 0 Å². The summed E-state index contributed by atoms with van der Waals surface area (Å²) in [6, 6.07) is 11.5. The third kappa shape index (κ3) is 4.51. The van der Waals surface area contributed by atoms with E-state index in [-0.39, 0.29) is 12.2 Å². The molecule has 0 aromatic heterocycles. The maximum Gasteiger partial charge on any atom is 0.263 e. The Kier molecular flexibility index (Phi) is 5.85. The molecule has 0 radical (unpaired) electrons. The Morgan fingerprint density at radius 3 is 2.74 bits per heavy atom. The van der Waals surface area contributed by atoms with E-state index in [1.165, 1.54) is 12.1 Å². The fraction of sp³-hybridized carbons (Fsp3) is 0.278. The van der Waals surface area contributed by atoms with E-state index in [1.54, 1.807) is 35.1 Å². The number of hydrogen-bond donors (Lipinski definition) is 0. The lowest BCUT2D eigenvalue weighted by Gasteiger charge is -2.17. The fourth-order valence-electron chi connectivity index (χ4n) is 2.57. The van der Waals surface area contributed by atoms with E-state index in [4.69, 9.17) is 16.4 Å². The number of halogens is 3. The molecule has 0 amide bonds. The summed E-state index contributed by atoms with van der Waals surface area (Å²) in [5.74, 6) is 0. The topological polar surface area (TPSA) is 52.8 Å². The molecular weight excluding hydrogens is 376 g/mol. The van der Waals surface area contributed by atoms with E-state index in [0.717, 1.165) is 5.69 Å². The van der Waals surface area contributed by atoms with Crippen LogP contribution in [0.15, 0.2) is 58.1 Å². The van der Waals surface area contributed by atoms with Crippen LogP contribution in [0.2, 0.25) is 5.02 Å². The predicted molar refractivity (Wildman–Crippen MR) is 99.8 cm³/mol. The van der Waals surface area contributed by atoms with E-state index in [1.807, 2.05) is 19.2 Å². The molecule has 0 spiro atoms. The van der Waals surface area contributed by atoms with E-state index >= 15 is 0 Å². The van der Waals surface area contributed by atoms with Crippen LogP contribution in [-0.2, 0) is 11.4 Å². The molecule has 0 N–H and O–H groups in total. The standard InChI is InChI=1S/C18H18ClF2N5O/c1-12(13-5-3-6-14(9-13)18(20)21)22-27-10-15-16(19)7-4-8-17(15)26-11-25(2)23-24-26/h3-9,18H,10-11H2,1-2H3. The van der Waals surface area contributed by atoms with Gasteiger partial charge in [0, 0.05) is 23.2 Å². The summed E-state index contributed by atoms with van der Waals surface area (Å²) in [4.78, 5) is 5.45. The Labute approximate surface area is 160 Å². The predicted octanol–water partition coefficient (Wildman–Crippen LogP) is 5.21. The van der Waals surface area contributed by atoms with Gasteiger partial charge in [0.1, 0.15) is 13.3 Å². The lowest BCUT2D eigenvalue weighted by Crippen LogP contribution is -2.22. The summed E-state index contributed by atoms with van der Waals surface area (Å²) < 4.78 is 25.7. The van der Waals surface area contributed by atoms with Crippen LogP contribution < -0.4 is 5.01 Å². The molecule has 27 heavy (non-hydrogen) atoms. The van der Waals surface area contributed by atoms with Gasteiger partial charge in [-0.15, -0.1) is 0 Å². The number of anilines is 1. The second kappa shape index (κ2) is 8.30. The molecule has 6 nitrogen and oxygen atoms in total. The molecule has 0 unspecified atom stereocenters. The first-order valence-corrected chi connectivity index (χ1v) is 8.56. The van der Waals surface area contributed by atoms with Gasteiger partial charge in [-0.3, -0.25) is 5.01 Å². The molecule has 0 fully saturated rings. The minimum absolute atomic E-state index is 0.0565. The van der Waals surface area contributed by atoms with Gasteiger partial charge in [0.25, 0.3) is 6.43 Å². The number of nitrogens with zero attached hydrogens (tertiary/aromatic N) is 5. The number of benzene rings is 2. The van der Waals surface area contributed by atoms with Crippen molar-refractivity contribution in [3.8, 4) is 0 Å². The summed E-state index contributed by atoms with van der Waals surface area (Å²) in [7, 11) is 1.81. The lowest BCUT2D eigenvalue weighted by molar-refractivity contribution is 0.131. The maximum absolute atomic E-state index is 12.8. The van der Waals surface area contributed by atoms with Crippen molar-refractivity contribution in [1.82, 2.24) is 5.01 Å². The Morgan fingerprint density at radius 1 is 1.26 bits per heavy atom. The van der Waals surface area contributed by atoms with Crippen LogP contribution in [0.25, 0.3) is 0 Å². The number of hydrogen-bond acceptors (Lipinski definition) is 6. The summed E-state index contributed by atoms with van der Waals surface area (Å²) in [6.07, 6.45) is -2.53. The molecule has 0 bridgehead atoms. The fourth-order valence-corrected chi connectivity index (χ4v) is 2.79. The Hall–Kier alpha value is -2.74. The van der Waals surface area contributed by atoms with Gasteiger partial charge in [-0.2, -0.15) is 0 Å². The monoisotopic (exact) mass is 393 g/mol. The van der Waals surface area contributed by atoms with Gasteiger partial charge >= 0.3 is 0 Å².